The first-order chi connectivity index (χ1) is 8.20. The number of nitrogens with zero attached hydrogens (tertiary/aromatic N) is 2. The maximum absolute atomic E-state index is 11.7. The minimum Gasteiger partial charge on any atom is -0.376 e. The van der Waals surface area contributed by atoms with Crippen LogP contribution in [-0.2, 0) is 16.1 Å². The fourth-order valence-corrected chi connectivity index (χ4v) is 2.00. The van der Waals surface area contributed by atoms with E-state index in [1.165, 1.54) is 0 Å². The molecule has 0 saturated heterocycles. The number of carbonyl (C=O) groups is 1. The van der Waals surface area contributed by atoms with E-state index < -0.39 is 0 Å². The molecule has 1 aromatic heterocycles. The van der Waals surface area contributed by atoms with Crippen LogP contribution in [0.4, 0.5) is 0 Å². The second kappa shape index (κ2) is 5.29. The number of nitrogens with two attached hydrogens (primary N) is 1. The predicted octanol–water partition coefficient (Wildman–Crippen LogP) is -0.496. The lowest BCUT2D eigenvalue weighted by Crippen LogP contribution is -2.65. The third-order valence-electron chi connectivity index (χ3n) is 2.94. The maximum Gasteiger partial charge on any atom is 0.242 e. The summed E-state index contributed by atoms with van der Waals surface area (Å²) in [5.41, 5.74) is 5.85. The first-order valence-corrected chi connectivity index (χ1v) is 5.84. The van der Waals surface area contributed by atoms with E-state index in [1.807, 2.05) is 6.92 Å². The number of aromatic nitrogens is 2. The molecular weight excluding hydrogens is 220 g/mol. The molecule has 1 heterocycles. The second-order valence-corrected chi connectivity index (χ2v) is 4.19. The van der Waals surface area contributed by atoms with Crippen LogP contribution in [0.15, 0.2) is 18.5 Å². The highest BCUT2D eigenvalue weighted by molar-refractivity contribution is 5.76. The van der Waals surface area contributed by atoms with Crippen molar-refractivity contribution < 1.29 is 9.53 Å². The molecule has 6 nitrogen and oxygen atoms in total. The van der Waals surface area contributed by atoms with Crippen LogP contribution in [0.5, 0.6) is 0 Å². The fraction of sp³-hybridized carbons (Fsp3) is 0.636. The van der Waals surface area contributed by atoms with Gasteiger partial charge in [0.2, 0.25) is 5.91 Å². The van der Waals surface area contributed by atoms with E-state index >= 15 is 0 Å². The fourth-order valence-electron chi connectivity index (χ4n) is 2.00. The number of carbonyl (C=O) groups excluding carboxylic acids is 1. The van der Waals surface area contributed by atoms with Crippen molar-refractivity contribution in [1.29, 1.82) is 0 Å². The van der Waals surface area contributed by atoms with Gasteiger partial charge in [0.15, 0.2) is 0 Å². The molecule has 3 atom stereocenters. The lowest BCUT2D eigenvalue weighted by molar-refractivity contribution is -0.126. The first kappa shape index (κ1) is 12.1. The molecule has 0 radical (unpaired) electrons. The zero-order valence-corrected chi connectivity index (χ0v) is 9.87. The van der Waals surface area contributed by atoms with Crippen LogP contribution < -0.4 is 11.1 Å². The molecule has 1 aromatic rings. The molecule has 0 aliphatic heterocycles. The van der Waals surface area contributed by atoms with Crippen LogP contribution in [0.3, 0.4) is 0 Å². The Kier molecular flexibility index (Phi) is 3.75. The van der Waals surface area contributed by atoms with Gasteiger partial charge in [-0.15, -0.1) is 0 Å². The zero-order valence-electron chi connectivity index (χ0n) is 9.87. The second-order valence-electron chi connectivity index (χ2n) is 4.19. The summed E-state index contributed by atoms with van der Waals surface area (Å²) < 4.78 is 7.06. The summed E-state index contributed by atoms with van der Waals surface area (Å²) in [6.07, 6.45) is 4.25. The summed E-state index contributed by atoms with van der Waals surface area (Å²) in [6, 6.07) is 1.71. The third-order valence-corrected chi connectivity index (χ3v) is 2.94. The molecule has 1 fully saturated rings. The van der Waals surface area contributed by atoms with Crippen molar-refractivity contribution in [2.75, 3.05) is 6.61 Å². The van der Waals surface area contributed by atoms with Crippen LogP contribution in [0.25, 0.3) is 0 Å². The average molecular weight is 238 g/mol. The molecule has 0 bridgehead atoms. The maximum atomic E-state index is 11.7. The van der Waals surface area contributed by atoms with Crippen LogP contribution >= 0.6 is 0 Å². The summed E-state index contributed by atoms with van der Waals surface area (Å²) in [5, 5.41) is 6.86. The Morgan fingerprint density at radius 3 is 3.12 bits per heavy atom. The summed E-state index contributed by atoms with van der Waals surface area (Å²) in [6.45, 7) is 2.80. The lowest BCUT2D eigenvalue weighted by atomic mass is 9.83. The Hall–Kier alpha value is -1.40. The van der Waals surface area contributed by atoms with E-state index in [0.717, 1.165) is 6.42 Å². The van der Waals surface area contributed by atoms with Crippen LogP contribution in [0, 0.1) is 0 Å². The lowest BCUT2D eigenvalue weighted by Gasteiger charge is -2.42. The predicted molar refractivity (Wildman–Crippen MR) is 62.2 cm³/mol. The number of ether oxygens (including phenoxy) is 1. The SMILES string of the molecule is CCOC1CC(N)C1NC(=O)Cn1cccn1. The van der Waals surface area contributed by atoms with Gasteiger partial charge in [-0.05, 0) is 19.4 Å². The standard InChI is InChI=1S/C11H18N4O2/c1-2-17-9-6-8(12)11(9)14-10(16)7-15-5-3-4-13-15/h3-5,8-9,11H,2,6-7,12H2,1H3,(H,14,16). The summed E-state index contributed by atoms with van der Waals surface area (Å²) in [5.74, 6) is -0.0847. The van der Waals surface area contributed by atoms with Gasteiger partial charge in [-0.25, -0.2) is 0 Å². The highest BCUT2D eigenvalue weighted by Gasteiger charge is 2.40. The van der Waals surface area contributed by atoms with E-state index in [2.05, 4.69) is 10.4 Å². The van der Waals surface area contributed by atoms with E-state index in [0.29, 0.717) is 6.61 Å². The Morgan fingerprint density at radius 2 is 2.53 bits per heavy atom. The normalized spacial score (nSPS) is 27.5. The topological polar surface area (TPSA) is 82.2 Å². The van der Waals surface area contributed by atoms with Crippen molar-refractivity contribution in [3.05, 3.63) is 18.5 Å². The number of hydrogen-bond acceptors (Lipinski definition) is 4. The molecule has 6 heteroatoms. The van der Waals surface area contributed by atoms with E-state index in [1.54, 1.807) is 23.1 Å². The van der Waals surface area contributed by atoms with Crippen LogP contribution in [0.2, 0.25) is 0 Å². The zero-order chi connectivity index (χ0) is 12.3. The monoisotopic (exact) mass is 238 g/mol. The van der Waals surface area contributed by atoms with Crippen LogP contribution in [-0.4, -0.2) is 40.5 Å². The Morgan fingerprint density at radius 1 is 1.71 bits per heavy atom. The van der Waals surface area contributed by atoms with Gasteiger partial charge in [-0.1, -0.05) is 0 Å². The number of hydrogen-bond donors (Lipinski definition) is 2. The van der Waals surface area contributed by atoms with Crippen molar-refractivity contribution in [2.24, 2.45) is 5.73 Å². The minimum atomic E-state index is -0.0847. The third kappa shape index (κ3) is 2.83. The molecule has 3 unspecified atom stereocenters. The Labute approximate surface area is 100 Å². The van der Waals surface area contributed by atoms with Gasteiger partial charge < -0.3 is 15.8 Å². The molecule has 3 N–H and O–H groups in total. The molecule has 1 aliphatic carbocycles. The highest BCUT2D eigenvalue weighted by atomic mass is 16.5. The Balaban J connectivity index is 1.81. The molecule has 17 heavy (non-hydrogen) atoms. The summed E-state index contributed by atoms with van der Waals surface area (Å²) in [7, 11) is 0. The molecular formula is C11H18N4O2. The quantitative estimate of drug-likeness (QED) is 0.725. The van der Waals surface area contributed by atoms with Crippen molar-refractivity contribution in [1.82, 2.24) is 15.1 Å². The van der Waals surface area contributed by atoms with E-state index in [4.69, 9.17) is 10.5 Å². The first-order valence-electron chi connectivity index (χ1n) is 5.84. The largest absolute Gasteiger partial charge is 0.376 e. The molecule has 94 valence electrons. The smallest absolute Gasteiger partial charge is 0.242 e. The van der Waals surface area contributed by atoms with Gasteiger partial charge in [0.1, 0.15) is 6.54 Å². The molecule has 0 aromatic carbocycles. The van der Waals surface area contributed by atoms with Crippen molar-refractivity contribution >= 4 is 5.91 Å². The minimum absolute atomic E-state index is 0.00637. The average Bonchev–Trinajstić information content (AvgIpc) is 2.79. The summed E-state index contributed by atoms with van der Waals surface area (Å²) >= 11 is 0. The number of rotatable bonds is 5. The van der Waals surface area contributed by atoms with Gasteiger partial charge in [-0.3, -0.25) is 9.48 Å². The molecule has 0 spiro atoms. The molecule has 1 aliphatic rings. The highest BCUT2D eigenvalue weighted by Crippen LogP contribution is 2.22. The molecule has 1 amide bonds. The number of nitrogens with one attached hydrogen (secondary N) is 1. The van der Waals surface area contributed by atoms with E-state index in [9.17, 15) is 4.79 Å². The van der Waals surface area contributed by atoms with Crippen molar-refractivity contribution in [3.63, 3.8) is 0 Å². The van der Waals surface area contributed by atoms with Gasteiger partial charge in [0, 0.05) is 25.0 Å². The van der Waals surface area contributed by atoms with Gasteiger partial charge in [-0.2, -0.15) is 5.10 Å². The van der Waals surface area contributed by atoms with Crippen LogP contribution in [0.1, 0.15) is 13.3 Å². The molecule has 2 rings (SSSR count). The van der Waals surface area contributed by atoms with Gasteiger partial charge >= 0.3 is 0 Å². The number of amides is 1. The Bertz CT molecular complexity index is 364. The van der Waals surface area contributed by atoms with Gasteiger partial charge in [0.05, 0.1) is 12.1 Å². The van der Waals surface area contributed by atoms with Gasteiger partial charge in [0.25, 0.3) is 0 Å². The molecule has 1 saturated carbocycles. The van der Waals surface area contributed by atoms with E-state index in [-0.39, 0.29) is 30.6 Å². The summed E-state index contributed by atoms with van der Waals surface area (Å²) in [4.78, 5) is 11.7. The van der Waals surface area contributed by atoms with Crippen molar-refractivity contribution in [3.8, 4) is 0 Å². The van der Waals surface area contributed by atoms with Crippen molar-refractivity contribution in [2.45, 2.75) is 38.1 Å².